The molecule has 0 saturated heterocycles. The molecule has 4 N–H and O–H groups in total. The number of amides is 2. The van der Waals surface area contributed by atoms with Crippen LogP contribution in [0, 0.1) is 11.8 Å². The molecule has 0 aliphatic rings. The van der Waals surface area contributed by atoms with Gasteiger partial charge in [0, 0.05) is 18.7 Å². The highest BCUT2D eigenvalue weighted by molar-refractivity contribution is 5.97. The number of carbonyl (C=O) groups excluding carboxylic acids is 2. The molecule has 1 rings (SSSR count). The lowest BCUT2D eigenvalue weighted by atomic mass is 9.98. The van der Waals surface area contributed by atoms with Gasteiger partial charge in [-0.2, -0.15) is 0 Å². The summed E-state index contributed by atoms with van der Waals surface area (Å²) < 4.78 is 0. The molecule has 2 amide bonds. The van der Waals surface area contributed by atoms with E-state index in [1.54, 1.807) is 18.3 Å². The lowest BCUT2D eigenvalue weighted by molar-refractivity contribution is -0.147. The van der Waals surface area contributed by atoms with E-state index in [0.717, 1.165) is 19.3 Å². The van der Waals surface area contributed by atoms with Crippen LogP contribution in [0.1, 0.15) is 65.5 Å². The van der Waals surface area contributed by atoms with Crippen molar-refractivity contribution in [3.05, 3.63) is 30.1 Å². The topological polar surface area (TPSA) is 102 Å². The summed E-state index contributed by atoms with van der Waals surface area (Å²) in [6.07, 6.45) is 5.09. The molecular formula is C21H36N4O2. The van der Waals surface area contributed by atoms with Gasteiger partial charge in [-0.05, 0) is 43.2 Å². The molecule has 3 atom stereocenters. The summed E-state index contributed by atoms with van der Waals surface area (Å²) in [5, 5.41) is 0. The Balaban J connectivity index is 2.77. The molecule has 152 valence electrons. The largest absolute Gasteiger partial charge is 0.328 e. The molecule has 1 unspecified atom stereocenters. The number of aromatic nitrogens is 1. The average molecular weight is 377 g/mol. The zero-order chi connectivity index (χ0) is 20.4. The van der Waals surface area contributed by atoms with Crippen molar-refractivity contribution in [3.63, 3.8) is 0 Å². The fourth-order valence-corrected chi connectivity index (χ4v) is 2.99. The minimum absolute atomic E-state index is 0.0102. The fraction of sp³-hybridized carbons (Fsp3) is 0.667. The van der Waals surface area contributed by atoms with Gasteiger partial charge in [0.2, 0.25) is 11.8 Å². The fourth-order valence-electron chi connectivity index (χ4n) is 2.99. The molecule has 1 aromatic rings. The Labute approximate surface area is 163 Å². The lowest BCUT2D eigenvalue weighted by Crippen LogP contribution is -2.49. The summed E-state index contributed by atoms with van der Waals surface area (Å²) in [6, 6.07) is 4.85. The van der Waals surface area contributed by atoms with Crippen molar-refractivity contribution in [1.82, 2.24) is 9.88 Å². The summed E-state index contributed by atoms with van der Waals surface area (Å²) in [5.74, 6) is 0.00935. The van der Waals surface area contributed by atoms with Crippen molar-refractivity contribution in [2.75, 3.05) is 0 Å². The summed E-state index contributed by atoms with van der Waals surface area (Å²) in [5.41, 5.74) is 12.9. The van der Waals surface area contributed by atoms with Gasteiger partial charge in [0.1, 0.15) is 0 Å². The van der Waals surface area contributed by atoms with Crippen LogP contribution < -0.4 is 11.5 Å². The first kappa shape index (κ1) is 23.2. The molecule has 0 aromatic carbocycles. The van der Waals surface area contributed by atoms with Gasteiger partial charge in [-0.1, -0.05) is 40.2 Å². The SMILES string of the molecule is CC[C@H](C)[C@H](N)C(=O)N(Cc1ccccn1)C(=O)CCCC(N)CC(C)C. The van der Waals surface area contributed by atoms with Gasteiger partial charge in [0.05, 0.1) is 18.3 Å². The predicted octanol–water partition coefficient (Wildman–Crippen LogP) is 2.85. The lowest BCUT2D eigenvalue weighted by Gasteiger charge is -2.26. The number of pyridine rings is 1. The molecule has 0 spiro atoms. The van der Waals surface area contributed by atoms with Gasteiger partial charge < -0.3 is 11.5 Å². The maximum absolute atomic E-state index is 12.9. The first-order valence-corrected chi connectivity index (χ1v) is 10.0. The van der Waals surface area contributed by atoms with Crippen LogP contribution in [0.15, 0.2) is 24.4 Å². The second-order valence-corrected chi connectivity index (χ2v) is 7.83. The van der Waals surface area contributed by atoms with Crippen molar-refractivity contribution in [1.29, 1.82) is 0 Å². The Morgan fingerprint density at radius 3 is 2.44 bits per heavy atom. The Morgan fingerprint density at radius 1 is 1.19 bits per heavy atom. The van der Waals surface area contributed by atoms with Crippen LogP contribution >= 0.6 is 0 Å². The first-order chi connectivity index (χ1) is 12.8. The normalized spacial score (nSPS) is 14.6. The Morgan fingerprint density at radius 2 is 1.89 bits per heavy atom. The van der Waals surface area contributed by atoms with Crippen LogP contribution in [0.25, 0.3) is 0 Å². The van der Waals surface area contributed by atoms with Gasteiger partial charge in [-0.15, -0.1) is 0 Å². The quantitative estimate of drug-likeness (QED) is 0.618. The molecule has 27 heavy (non-hydrogen) atoms. The number of nitrogens with two attached hydrogens (primary N) is 2. The van der Waals surface area contributed by atoms with Crippen LogP contribution in [-0.4, -0.2) is 33.8 Å². The van der Waals surface area contributed by atoms with Gasteiger partial charge in [0.15, 0.2) is 0 Å². The summed E-state index contributed by atoms with van der Waals surface area (Å²) >= 11 is 0. The highest BCUT2D eigenvalue weighted by atomic mass is 16.2. The second-order valence-electron chi connectivity index (χ2n) is 7.83. The van der Waals surface area contributed by atoms with E-state index in [4.69, 9.17) is 11.5 Å². The van der Waals surface area contributed by atoms with Gasteiger partial charge in [0.25, 0.3) is 0 Å². The maximum Gasteiger partial charge on any atom is 0.246 e. The number of hydrogen-bond donors (Lipinski definition) is 2. The van der Waals surface area contributed by atoms with Crippen molar-refractivity contribution < 1.29 is 9.59 Å². The zero-order valence-electron chi connectivity index (χ0n) is 17.2. The molecule has 0 aliphatic heterocycles. The smallest absolute Gasteiger partial charge is 0.246 e. The van der Waals surface area contributed by atoms with Crippen molar-refractivity contribution in [2.45, 2.75) is 78.4 Å². The molecule has 6 heteroatoms. The standard InChI is InChI=1S/C21H36N4O2/c1-5-16(4)20(23)21(27)25(14-18-10-6-7-12-24-18)19(26)11-8-9-17(22)13-15(2)3/h6-7,10,12,15-17,20H,5,8-9,11,13-14,22-23H2,1-4H3/t16-,17?,20-/m0/s1. The minimum atomic E-state index is -0.689. The van der Waals surface area contributed by atoms with Crippen molar-refractivity contribution >= 4 is 11.8 Å². The number of hydrogen-bond acceptors (Lipinski definition) is 5. The molecule has 0 aliphatic carbocycles. The van der Waals surface area contributed by atoms with Gasteiger partial charge >= 0.3 is 0 Å². The van der Waals surface area contributed by atoms with E-state index in [1.165, 1.54) is 4.90 Å². The Kier molecular flexibility index (Phi) is 10.2. The molecule has 0 fully saturated rings. The third-order valence-corrected chi connectivity index (χ3v) is 4.90. The van der Waals surface area contributed by atoms with E-state index in [1.807, 2.05) is 19.9 Å². The Bertz CT molecular complexity index is 577. The van der Waals surface area contributed by atoms with E-state index in [0.29, 0.717) is 18.0 Å². The van der Waals surface area contributed by atoms with Crippen LogP contribution in [0.2, 0.25) is 0 Å². The third kappa shape index (κ3) is 8.18. The molecule has 6 nitrogen and oxygen atoms in total. The van der Waals surface area contributed by atoms with E-state index in [9.17, 15) is 9.59 Å². The highest BCUT2D eigenvalue weighted by Crippen LogP contribution is 2.15. The second kappa shape index (κ2) is 11.8. The van der Waals surface area contributed by atoms with E-state index >= 15 is 0 Å². The molecule has 1 heterocycles. The number of imide groups is 1. The summed E-state index contributed by atoms with van der Waals surface area (Å²) in [7, 11) is 0. The molecule has 1 aromatic heterocycles. The van der Waals surface area contributed by atoms with Crippen LogP contribution in [0.5, 0.6) is 0 Å². The van der Waals surface area contributed by atoms with E-state index in [2.05, 4.69) is 18.8 Å². The summed E-state index contributed by atoms with van der Waals surface area (Å²) in [4.78, 5) is 31.2. The average Bonchev–Trinajstić information content (AvgIpc) is 2.64. The van der Waals surface area contributed by atoms with Gasteiger partial charge in [-0.25, -0.2) is 0 Å². The van der Waals surface area contributed by atoms with Crippen LogP contribution in [0.3, 0.4) is 0 Å². The van der Waals surface area contributed by atoms with Gasteiger partial charge in [-0.3, -0.25) is 19.5 Å². The maximum atomic E-state index is 12.9. The van der Waals surface area contributed by atoms with E-state index in [-0.39, 0.29) is 36.7 Å². The molecule has 0 bridgehead atoms. The van der Waals surface area contributed by atoms with E-state index < -0.39 is 6.04 Å². The van der Waals surface area contributed by atoms with Crippen LogP contribution in [-0.2, 0) is 16.1 Å². The molecule has 0 radical (unpaired) electrons. The minimum Gasteiger partial charge on any atom is -0.328 e. The zero-order valence-corrected chi connectivity index (χ0v) is 17.2. The first-order valence-electron chi connectivity index (χ1n) is 10.0. The molecule has 0 saturated carbocycles. The summed E-state index contributed by atoms with van der Waals surface area (Å²) in [6.45, 7) is 8.33. The Hall–Kier alpha value is -1.79. The number of carbonyl (C=O) groups is 2. The number of rotatable bonds is 11. The highest BCUT2D eigenvalue weighted by Gasteiger charge is 2.29. The number of nitrogens with zero attached hydrogens (tertiary/aromatic N) is 2. The third-order valence-electron chi connectivity index (χ3n) is 4.90. The predicted molar refractivity (Wildman–Crippen MR) is 109 cm³/mol. The van der Waals surface area contributed by atoms with Crippen molar-refractivity contribution in [3.8, 4) is 0 Å². The monoisotopic (exact) mass is 376 g/mol. The molecular weight excluding hydrogens is 340 g/mol. The van der Waals surface area contributed by atoms with Crippen LogP contribution in [0.4, 0.5) is 0 Å². The van der Waals surface area contributed by atoms with Crippen molar-refractivity contribution in [2.24, 2.45) is 23.3 Å².